The summed E-state index contributed by atoms with van der Waals surface area (Å²) in [5.74, 6) is 0. The summed E-state index contributed by atoms with van der Waals surface area (Å²) < 4.78 is 6.05. The van der Waals surface area contributed by atoms with Crippen LogP contribution in [0.1, 0.15) is 16.7 Å². The first-order chi connectivity index (χ1) is 8.66. The summed E-state index contributed by atoms with van der Waals surface area (Å²) in [6.45, 7) is 6.58. The average molecular weight is 297 g/mol. The minimum absolute atomic E-state index is 0.334. The number of rotatable bonds is 1. The van der Waals surface area contributed by atoms with Crippen molar-refractivity contribution in [3.05, 3.63) is 53.1 Å². The zero-order valence-electron chi connectivity index (χ0n) is 10.9. The third-order valence-corrected chi connectivity index (χ3v) is 5.55. The Bertz CT molecular complexity index is 584. The van der Waals surface area contributed by atoms with Gasteiger partial charge in [-0.15, -0.1) is 0 Å². The van der Waals surface area contributed by atoms with Crippen LogP contribution in [0, 0.1) is 20.8 Å². The second-order valence-corrected chi connectivity index (χ2v) is 6.77. The molecule has 3 heteroatoms. The van der Waals surface area contributed by atoms with Crippen LogP contribution in [0.4, 0.5) is 17.1 Å². The Morgan fingerprint density at radius 1 is 1.00 bits per heavy atom. The van der Waals surface area contributed by atoms with Gasteiger partial charge >= 0.3 is 115 Å². The molecular weight excluding hydrogens is 281 g/mol. The van der Waals surface area contributed by atoms with Crippen molar-refractivity contribution in [1.29, 1.82) is 0 Å². The van der Waals surface area contributed by atoms with Gasteiger partial charge in [-0.2, -0.15) is 0 Å². The first-order valence-corrected chi connectivity index (χ1v) is 8.14. The topological polar surface area (TPSA) is 15.3 Å². The summed E-state index contributed by atoms with van der Waals surface area (Å²) >= 11 is -0.334. The Hall–Kier alpha value is -1.42. The van der Waals surface area contributed by atoms with Crippen molar-refractivity contribution >= 4 is 32.9 Å². The predicted octanol–water partition coefficient (Wildman–Crippen LogP) is 3.71. The monoisotopic (exact) mass is 298 g/mol. The van der Waals surface area contributed by atoms with Gasteiger partial charge in [0.05, 0.1) is 0 Å². The third-order valence-electron chi connectivity index (χ3n) is 3.31. The number of hydrogen-bond acceptors (Lipinski definition) is 2. The van der Waals surface area contributed by atoms with E-state index in [1.54, 1.807) is 0 Å². The third kappa shape index (κ3) is 1.81. The fraction of sp³-hybridized carbons (Fsp3) is 0.200. The number of nitrogens with zero attached hydrogens (tertiary/aromatic N) is 1. The van der Waals surface area contributed by atoms with Gasteiger partial charge in [0.25, 0.3) is 0 Å². The minimum atomic E-state index is -0.334. The van der Waals surface area contributed by atoms with Gasteiger partial charge in [-0.05, 0) is 0 Å². The van der Waals surface area contributed by atoms with Gasteiger partial charge in [-0.1, -0.05) is 0 Å². The molecule has 0 saturated heterocycles. The van der Waals surface area contributed by atoms with E-state index in [2.05, 4.69) is 65.3 Å². The number of nitrogens with one attached hydrogen (secondary N) is 1. The Balaban J connectivity index is 2.13. The predicted molar refractivity (Wildman–Crippen MR) is 78.6 cm³/mol. The van der Waals surface area contributed by atoms with E-state index in [1.807, 2.05) is 0 Å². The second-order valence-electron chi connectivity index (χ2n) is 4.84. The fourth-order valence-electron chi connectivity index (χ4n) is 2.65. The summed E-state index contributed by atoms with van der Waals surface area (Å²) in [6, 6.07) is 13.1. The van der Waals surface area contributed by atoms with Crippen molar-refractivity contribution in [2.45, 2.75) is 20.8 Å². The maximum absolute atomic E-state index is 3.57. The summed E-state index contributed by atoms with van der Waals surface area (Å²) in [4.78, 5) is 0. The molecular formula is C15H16GeN2. The molecule has 2 radical (unpaired) electrons. The van der Waals surface area contributed by atoms with Crippen LogP contribution in [0.5, 0.6) is 0 Å². The fourth-order valence-corrected chi connectivity index (χ4v) is 5.22. The molecule has 0 spiro atoms. The Morgan fingerprint density at radius 3 is 2.39 bits per heavy atom. The van der Waals surface area contributed by atoms with Gasteiger partial charge in [-0.25, -0.2) is 0 Å². The molecule has 0 aromatic heterocycles. The number of hydrogen-bond donors (Lipinski definition) is 1. The Morgan fingerprint density at radius 2 is 1.67 bits per heavy atom. The number of aryl methyl sites for hydroxylation is 3. The van der Waals surface area contributed by atoms with E-state index in [4.69, 9.17) is 0 Å². The SMILES string of the molecule is Cc1cc(C)c([N]2[Ge][NH]c3ccccc32)c(C)c1. The van der Waals surface area contributed by atoms with Crippen molar-refractivity contribution in [2.75, 3.05) is 8.13 Å². The van der Waals surface area contributed by atoms with Crippen LogP contribution < -0.4 is 8.13 Å². The first kappa shape index (κ1) is 11.7. The van der Waals surface area contributed by atoms with Gasteiger partial charge in [-0.3, -0.25) is 0 Å². The summed E-state index contributed by atoms with van der Waals surface area (Å²) in [6.07, 6.45) is 0. The maximum atomic E-state index is 3.57. The van der Waals surface area contributed by atoms with E-state index in [0.29, 0.717) is 0 Å². The van der Waals surface area contributed by atoms with Crippen LogP contribution in [0.3, 0.4) is 0 Å². The van der Waals surface area contributed by atoms with Crippen molar-refractivity contribution in [2.24, 2.45) is 0 Å². The zero-order chi connectivity index (χ0) is 12.7. The molecule has 1 aliphatic rings. The van der Waals surface area contributed by atoms with E-state index in [-0.39, 0.29) is 15.9 Å². The summed E-state index contributed by atoms with van der Waals surface area (Å²) in [5, 5.41) is 0. The molecule has 2 aromatic carbocycles. The molecule has 3 rings (SSSR count). The Kier molecular flexibility index (Phi) is 2.82. The quantitative estimate of drug-likeness (QED) is 0.807. The van der Waals surface area contributed by atoms with Crippen LogP contribution in [-0.4, -0.2) is 15.9 Å². The summed E-state index contributed by atoms with van der Waals surface area (Å²) in [7, 11) is 0. The molecule has 2 nitrogen and oxygen atoms in total. The molecule has 0 fully saturated rings. The van der Waals surface area contributed by atoms with E-state index in [1.165, 1.54) is 33.8 Å². The van der Waals surface area contributed by atoms with Crippen LogP contribution in [0.2, 0.25) is 0 Å². The normalized spacial score (nSPS) is 13.4. The molecule has 0 aliphatic carbocycles. The Labute approximate surface area is 115 Å². The van der Waals surface area contributed by atoms with Crippen LogP contribution in [-0.2, 0) is 0 Å². The van der Waals surface area contributed by atoms with Gasteiger partial charge in [0.1, 0.15) is 0 Å². The van der Waals surface area contributed by atoms with E-state index in [0.717, 1.165) is 0 Å². The first-order valence-electron chi connectivity index (χ1n) is 6.15. The number of anilines is 3. The van der Waals surface area contributed by atoms with E-state index < -0.39 is 0 Å². The molecule has 1 heterocycles. The van der Waals surface area contributed by atoms with Gasteiger partial charge in [0.2, 0.25) is 0 Å². The second kappa shape index (κ2) is 4.36. The van der Waals surface area contributed by atoms with Crippen molar-refractivity contribution < 1.29 is 0 Å². The number of fused-ring (bicyclic) bond motifs is 1. The van der Waals surface area contributed by atoms with E-state index >= 15 is 0 Å². The molecule has 1 N–H and O–H groups in total. The molecule has 0 bridgehead atoms. The van der Waals surface area contributed by atoms with Crippen LogP contribution in [0.15, 0.2) is 36.4 Å². The molecule has 90 valence electrons. The van der Waals surface area contributed by atoms with Gasteiger partial charge < -0.3 is 0 Å². The molecule has 0 amide bonds. The number of benzene rings is 2. The summed E-state index contributed by atoms with van der Waals surface area (Å²) in [5.41, 5.74) is 8.07. The molecule has 0 atom stereocenters. The van der Waals surface area contributed by atoms with Crippen LogP contribution >= 0.6 is 0 Å². The standard InChI is InChI=1S/C15H16GeN2/c1-10-8-11(2)15(12(3)9-10)18-14-7-5-4-6-13(14)17-16-18/h4-9,17H,1-3H3. The zero-order valence-corrected chi connectivity index (χ0v) is 13.0. The molecule has 0 saturated carbocycles. The van der Waals surface area contributed by atoms with Crippen molar-refractivity contribution in [3.63, 3.8) is 0 Å². The van der Waals surface area contributed by atoms with Crippen LogP contribution in [0.25, 0.3) is 0 Å². The van der Waals surface area contributed by atoms with Crippen molar-refractivity contribution in [3.8, 4) is 0 Å². The van der Waals surface area contributed by atoms with Gasteiger partial charge in [0, 0.05) is 0 Å². The number of para-hydroxylation sites is 2. The van der Waals surface area contributed by atoms with E-state index in [9.17, 15) is 0 Å². The molecule has 0 unspecified atom stereocenters. The van der Waals surface area contributed by atoms with Gasteiger partial charge in [0.15, 0.2) is 0 Å². The van der Waals surface area contributed by atoms with Crippen molar-refractivity contribution in [1.82, 2.24) is 0 Å². The average Bonchev–Trinajstić information content (AvgIpc) is 2.72. The molecule has 18 heavy (non-hydrogen) atoms. The molecule has 2 aromatic rings. The molecule has 1 aliphatic heterocycles.